The van der Waals surface area contributed by atoms with Gasteiger partial charge in [-0.05, 0) is 9.61 Å². The second kappa shape index (κ2) is 2.28. The number of tetrazole rings is 1. The van der Waals surface area contributed by atoms with Crippen LogP contribution >= 0.6 is 0 Å². The maximum absolute atomic E-state index is 10.1. The normalized spacial score (nSPS) is 9.45. The Morgan fingerprint density at radius 3 is 2.73 bits per heavy atom. The number of aromatic nitrogens is 4. The molecule has 1 N–H and O–H groups in total. The highest BCUT2D eigenvalue weighted by molar-refractivity contribution is 5.68. The van der Waals surface area contributed by atoms with Gasteiger partial charge < -0.3 is 15.2 Å². The van der Waals surface area contributed by atoms with Gasteiger partial charge in [0.05, 0.1) is 10.3 Å². The molecule has 0 aliphatic rings. The Morgan fingerprint density at radius 1 is 1.73 bits per heavy atom. The van der Waals surface area contributed by atoms with Crippen LogP contribution in [0.4, 0.5) is 10.7 Å². The average Bonchev–Trinajstić information content (AvgIpc) is 2.32. The first-order chi connectivity index (χ1) is 5.13. The molecule has 0 fully saturated rings. The van der Waals surface area contributed by atoms with E-state index in [1.54, 1.807) is 0 Å². The number of hydrogen-bond acceptors (Lipinski definition) is 6. The fourth-order valence-electron chi connectivity index (χ4n) is 0.420. The number of carbonyl (C=O) groups is 1. The minimum atomic E-state index is -1.60. The van der Waals surface area contributed by atoms with Crippen LogP contribution in [0, 0.1) is 10.1 Å². The molecule has 0 bridgehead atoms. The molecule has 0 radical (unpaired) electrons. The average molecular weight is 159 g/mol. The third kappa shape index (κ3) is 1.10. The van der Waals surface area contributed by atoms with E-state index in [0.717, 1.165) is 0 Å². The molecule has 9 nitrogen and oxygen atoms in total. The molecule has 0 spiro atoms. The second-order valence-electron chi connectivity index (χ2n) is 1.43. The maximum atomic E-state index is 10.1. The molecule has 1 aromatic heterocycles. The molecule has 0 atom stereocenters. The van der Waals surface area contributed by atoms with Gasteiger partial charge in [0.15, 0.2) is 0 Å². The summed E-state index contributed by atoms with van der Waals surface area (Å²) in [5, 5.41) is 26.7. The summed E-state index contributed by atoms with van der Waals surface area (Å²) in [4.78, 5) is 19.1. The molecular formula is C2HN5O4. The molecule has 0 saturated carbocycles. The third-order valence-electron chi connectivity index (χ3n) is 0.798. The summed E-state index contributed by atoms with van der Waals surface area (Å²) in [7, 11) is 0. The van der Waals surface area contributed by atoms with Crippen molar-refractivity contribution in [1.29, 1.82) is 0 Å². The fraction of sp³-hybridized carbons (Fsp3) is 0. The van der Waals surface area contributed by atoms with Crippen molar-refractivity contribution in [3.63, 3.8) is 0 Å². The first kappa shape index (κ1) is 7.05. The minimum Gasteiger partial charge on any atom is -0.451 e. The monoisotopic (exact) mass is 159 g/mol. The number of nitro groups is 1. The lowest BCUT2D eigenvalue weighted by Gasteiger charge is -1.88. The Hall–Kier alpha value is -2.06. The minimum absolute atomic E-state index is 0.0694. The van der Waals surface area contributed by atoms with E-state index in [2.05, 4.69) is 15.5 Å². The summed E-state index contributed by atoms with van der Waals surface area (Å²) in [6, 6.07) is 0. The van der Waals surface area contributed by atoms with E-state index in [1.807, 2.05) is 0 Å². The zero-order valence-electron chi connectivity index (χ0n) is 4.91. The second-order valence-corrected chi connectivity index (χ2v) is 1.43. The predicted molar refractivity (Wildman–Crippen MR) is 27.9 cm³/mol. The van der Waals surface area contributed by atoms with Crippen LogP contribution in [0.25, 0.3) is 0 Å². The highest BCUT2D eigenvalue weighted by atomic mass is 16.6. The summed E-state index contributed by atoms with van der Waals surface area (Å²) >= 11 is 0. The van der Waals surface area contributed by atoms with Crippen molar-refractivity contribution in [2.75, 3.05) is 0 Å². The van der Waals surface area contributed by atoms with Gasteiger partial charge in [-0.3, -0.25) is 0 Å². The zero-order chi connectivity index (χ0) is 8.43. The number of nitrogens with zero attached hydrogens (tertiary/aromatic N) is 5. The highest BCUT2D eigenvalue weighted by Gasteiger charge is 2.23. The lowest BCUT2D eigenvalue weighted by Crippen LogP contribution is -2.12. The summed E-state index contributed by atoms with van der Waals surface area (Å²) in [6.07, 6.45) is -1.60. The smallest absolute Gasteiger partial charge is 0.451 e. The molecule has 0 saturated heterocycles. The summed E-state index contributed by atoms with van der Waals surface area (Å²) in [5.74, 6) is -0.919. The van der Waals surface area contributed by atoms with Gasteiger partial charge in [-0.1, -0.05) is 0 Å². The molecule has 1 rings (SSSR count). The van der Waals surface area contributed by atoms with Gasteiger partial charge in [-0.15, -0.1) is 0 Å². The zero-order valence-corrected chi connectivity index (χ0v) is 4.91. The van der Waals surface area contributed by atoms with E-state index in [0.29, 0.717) is 0 Å². The van der Waals surface area contributed by atoms with Gasteiger partial charge in [-0.25, -0.2) is 4.79 Å². The van der Waals surface area contributed by atoms with Gasteiger partial charge in [0.1, 0.15) is 0 Å². The Bertz CT molecular complexity index is 275. The molecule has 0 unspecified atom stereocenters. The SMILES string of the molecule is O=C(O)n1nnnc1[N+](=O)[O-]. The first-order valence-corrected chi connectivity index (χ1v) is 2.29. The first-order valence-electron chi connectivity index (χ1n) is 2.29. The van der Waals surface area contributed by atoms with Gasteiger partial charge >= 0.3 is 12.0 Å². The van der Waals surface area contributed by atoms with Gasteiger partial charge in [0.25, 0.3) is 0 Å². The molecule has 0 amide bonds. The van der Waals surface area contributed by atoms with Gasteiger partial charge in [0, 0.05) is 5.21 Å². The Labute approximate surface area is 58.4 Å². The summed E-state index contributed by atoms with van der Waals surface area (Å²) in [6.45, 7) is 0. The lowest BCUT2D eigenvalue weighted by molar-refractivity contribution is -0.396. The molecular weight excluding hydrogens is 158 g/mol. The molecule has 11 heavy (non-hydrogen) atoms. The van der Waals surface area contributed by atoms with Crippen LogP contribution in [0.1, 0.15) is 0 Å². The van der Waals surface area contributed by atoms with Crippen LogP contribution in [0.3, 0.4) is 0 Å². The molecule has 0 aliphatic heterocycles. The highest BCUT2D eigenvalue weighted by Crippen LogP contribution is 2.00. The number of rotatable bonds is 1. The Balaban J connectivity index is 3.16. The molecule has 58 valence electrons. The van der Waals surface area contributed by atoms with Crippen LogP contribution in [0.2, 0.25) is 0 Å². The molecule has 1 heterocycles. The number of hydrogen-bond donors (Lipinski definition) is 1. The van der Waals surface area contributed by atoms with E-state index >= 15 is 0 Å². The van der Waals surface area contributed by atoms with Gasteiger partial charge in [0.2, 0.25) is 0 Å². The van der Waals surface area contributed by atoms with Crippen molar-refractivity contribution < 1.29 is 14.8 Å². The Kier molecular flexibility index (Phi) is 1.46. The number of carboxylic acid groups (broad SMARTS) is 1. The summed E-state index contributed by atoms with van der Waals surface area (Å²) < 4.78 is 0.0694. The van der Waals surface area contributed by atoms with E-state index in [1.165, 1.54) is 0 Å². The van der Waals surface area contributed by atoms with Crippen LogP contribution < -0.4 is 0 Å². The largest absolute Gasteiger partial charge is 0.502 e. The van der Waals surface area contributed by atoms with E-state index in [4.69, 9.17) is 5.11 Å². The van der Waals surface area contributed by atoms with Crippen molar-refractivity contribution in [3.8, 4) is 0 Å². The van der Waals surface area contributed by atoms with Crippen molar-refractivity contribution in [3.05, 3.63) is 10.1 Å². The Morgan fingerprint density at radius 2 is 2.36 bits per heavy atom. The summed E-state index contributed by atoms with van der Waals surface area (Å²) in [5.41, 5.74) is 0. The lowest BCUT2D eigenvalue weighted by atomic mass is 11.0. The van der Waals surface area contributed by atoms with E-state index < -0.39 is 17.0 Å². The maximum Gasteiger partial charge on any atom is 0.502 e. The quantitative estimate of drug-likeness (QED) is 0.320. The molecule has 9 heteroatoms. The van der Waals surface area contributed by atoms with Crippen LogP contribution in [-0.2, 0) is 0 Å². The van der Waals surface area contributed by atoms with Crippen LogP contribution in [0.15, 0.2) is 0 Å². The van der Waals surface area contributed by atoms with Crippen molar-refractivity contribution >= 4 is 12.0 Å². The van der Waals surface area contributed by atoms with Crippen molar-refractivity contribution in [2.24, 2.45) is 0 Å². The molecule has 0 aromatic carbocycles. The van der Waals surface area contributed by atoms with Crippen molar-refractivity contribution in [1.82, 2.24) is 20.2 Å². The molecule has 0 aliphatic carbocycles. The molecule has 1 aromatic rings. The van der Waals surface area contributed by atoms with Crippen LogP contribution in [-0.4, -0.2) is 36.3 Å². The van der Waals surface area contributed by atoms with E-state index in [-0.39, 0.29) is 4.68 Å². The predicted octanol–water partition coefficient (Wildman–Crippen LogP) is -0.893. The van der Waals surface area contributed by atoms with E-state index in [9.17, 15) is 14.9 Å². The van der Waals surface area contributed by atoms with Crippen molar-refractivity contribution in [2.45, 2.75) is 0 Å². The van der Waals surface area contributed by atoms with Gasteiger partial charge in [-0.2, -0.15) is 0 Å². The van der Waals surface area contributed by atoms with Crippen LogP contribution in [0.5, 0.6) is 0 Å². The fourth-order valence-corrected chi connectivity index (χ4v) is 0.420. The topological polar surface area (TPSA) is 124 Å². The standard InChI is InChI=1S/C2HN5O4/c8-2(9)6-1(7(10)11)3-4-5-6/h(H,8,9). The third-order valence-corrected chi connectivity index (χ3v) is 0.798.